The Kier molecular flexibility index (Phi) is 7.87. The molecule has 20 heavy (non-hydrogen) atoms. The number of hydrogen-bond acceptors (Lipinski definition) is 4. The molecule has 0 spiro atoms. The van der Waals surface area contributed by atoms with E-state index in [9.17, 15) is 4.79 Å². The van der Waals surface area contributed by atoms with Crippen molar-refractivity contribution in [2.75, 3.05) is 33.5 Å². The zero-order chi connectivity index (χ0) is 14.8. The van der Waals surface area contributed by atoms with Crippen LogP contribution in [0.4, 0.5) is 0 Å². The van der Waals surface area contributed by atoms with Gasteiger partial charge in [0.1, 0.15) is 6.61 Å². The summed E-state index contributed by atoms with van der Waals surface area (Å²) in [6.07, 6.45) is 0. The third-order valence-corrected chi connectivity index (χ3v) is 3.09. The third-order valence-electron chi connectivity index (χ3n) is 3.09. The van der Waals surface area contributed by atoms with Crippen molar-refractivity contribution in [1.29, 1.82) is 0 Å². The quantitative estimate of drug-likeness (QED) is 0.689. The zero-order valence-electron chi connectivity index (χ0n) is 12.3. The number of nitrogens with two attached hydrogens (primary N) is 1. The number of methoxy groups -OCH3 is 1. The van der Waals surface area contributed by atoms with Crippen LogP contribution in [0.25, 0.3) is 0 Å². The molecule has 0 saturated carbocycles. The van der Waals surface area contributed by atoms with Crippen molar-refractivity contribution < 1.29 is 14.3 Å². The first-order valence-electron chi connectivity index (χ1n) is 6.84. The van der Waals surface area contributed by atoms with Crippen LogP contribution < -0.4 is 5.73 Å². The van der Waals surface area contributed by atoms with E-state index in [2.05, 4.69) is 0 Å². The summed E-state index contributed by atoms with van der Waals surface area (Å²) < 4.78 is 10.1. The van der Waals surface area contributed by atoms with Crippen LogP contribution in [0.5, 0.6) is 0 Å². The molecule has 0 unspecified atom stereocenters. The van der Waals surface area contributed by atoms with E-state index in [0.717, 1.165) is 11.1 Å². The molecule has 0 aromatic heterocycles. The topological polar surface area (TPSA) is 64.8 Å². The first-order valence-corrected chi connectivity index (χ1v) is 6.84. The van der Waals surface area contributed by atoms with Gasteiger partial charge in [-0.3, -0.25) is 4.79 Å². The van der Waals surface area contributed by atoms with E-state index >= 15 is 0 Å². The maximum Gasteiger partial charge on any atom is 0.248 e. The monoisotopic (exact) mass is 280 g/mol. The van der Waals surface area contributed by atoms with Gasteiger partial charge >= 0.3 is 0 Å². The fraction of sp³-hybridized carbons (Fsp3) is 0.533. The molecule has 0 aliphatic rings. The standard InChI is InChI=1S/C15H24N2O3/c1-3-17(15(18)12-20-9-8-19-2)11-14-7-5-4-6-13(14)10-16/h4-7H,3,8-12,16H2,1-2H3. The molecule has 2 N–H and O–H groups in total. The molecule has 112 valence electrons. The number of hydrogen-bond donors (Lipinski definition) is 1. The summed E-state index contributed by atoms with van der Waals surface area (Å²) in [5.74, 6) is -0.0181. The highest BCUT2D eigenvalue weighted by Gasteiger charge is 2.13. The Balaban J connectivity index is 2.55. The minimum atomic E-state index is -0.0181. The number of nitrogens with zero attached hydrogens (tertiary/aromatic N) is 1. The van der Waals surface area contributed by atoms with E-state index in [4.69, 9.17) is 15.2 Å². The Bertz CT molecular complexity index is 410. The molecule has 0 saturated heterocycles. The Hall–Kier alpha value is -1.43. The molecule has 0 radical (unpaired) electrons. The zero-order valence-corrected chi connectivity index (χ0v) is 12.3. The van der Waals surface area contributed by atoms with Gasteiger partial charge in [0.25, 0.3) is 0 Å². The number of carbonyl (C=O) groups is 1. The maximum absolute atomic E-state index is 12.1. The third kappa shape index (κ3) is 5.28. The number of ether oxygens (including phenoxy) is 2. The average molecular weight is 280 g/mol. The molecular formula is C15H24N2O3. The van der Waals surface area contributed by atoms with Crippen LogP contribution in [-0.4, -0.2) is 44.3 Å². The highest BCUT2D eigenvalue weighted by Crippen LogP contribution is 2.11. The van der Waals surface area contributed by atoms with Gasteiger partial charge in [-0.15, -0.1) is 0 Å². The molecule has 0 bridgehead atoms. The van der Waals surface area contributed by atoms with Gasteiger partial charge in [0.15, 0.2) is 0 Å². The summed E-state index contributed by atoms with van der Waals surface area (Å²) in [6.45, 7) is 4.66. The fourth-order valence-corrected chi connectivity index (χ4v) is 1.89. The molecule has 1 amide bonds. The number of benzene rings is 1. The normalized spacial score (nSPS) is 10.6. The molecule has 1 aromatic rings. The summed E-state index contributed by atoms with van der Waals surface area (Å²) in [5, 5.41) is 0. The molecule has 1 aromatic carbocycles. The lowest BCUT2D eigenvalue weighted by molar-refractivity contribution is -0.137. The van der Waals surface area contributed by atoms with Crippen molar-refractivity contribution >= 4 is 5.91 Å². The lowest BCUT2D eigenvalue weighted by Gasteiger charge is -2.22. The Labute approximate surface area is 120 Å². The highest BCUT2D eigenvalue weighted by atomic mass is 16.5. The Morgan fingerprint density at radius 1 is 1.25 bits per heavy atom. The van der Waals surface area contributed by atoms with Crippen LogP contribution in [0.1, 0.15) is 18.1 Å². The van der Waals surface area contributed by atoms with Gasteiger partial charge in [0.05, 0.1) is 13.2 Å². The first-order chi connectivity index (χ1) is 9.72. The smallest absolute Gasteiger partial charge is 0.248 e. The lowest BCUT2D eigenvalue weighted by Crippen LogP contribution is -2.34. The van der Waals surface area contributed by atoms with E-state index in [1.54, 1.807) is 12.0 Å². The maximum atomic E-state index is 12.1. The van der Waals surface area contributed by atoms with Gasteiger partial charge in [0, 0.05) is 26.7 Å². The van der Waals surface area contributed by atoms with Crippen LogP contribution >= 0.6 is 0 Å². The Morgan fingerprint density at radius 2 is 1.95 bits per heavy atom. The van der Waals surface area contributed by atoms with Crippen LogP contribution in [0.2, 0.25) is 0 Å². The lowest BCUT2D eigenvalue weighted by atomic mass is 10.1. The molecule has 0 fully saturated rings. The SMILES string of the molecule is CCN(Cc1ccccc1CN)C(=O)COCCOC. The summed E-state index contributed by atoms with van der Waals surface area (Å²) in [4.78, 5) is 13.8. The predicted octanol–water partition coefficient (Wildman–Crippen LogP) is 1.16. The van der Waals surface area contributed by atoms with E-state index < -0.39 is 0 Å². The number of likely N-dealkylation sites (N-methyl/N-ethyl adjacent to an activating group) is 1. The molecule has 0 atom stereocenters. The van der Waals surface area contributed by atoms with Gasteiger partial charge in [-0.2, -0.15) is 0 Å². The van der Waals surface area contributed by atoms with Gasteiger partial charge in [-0.05, 0) is 18.1 Å². The van der Waals surface area contributed by atoms with Crippen LogP contribution in [0.3, 0.4) is 0 Å². The summed E-state index contributed by atoms with van der Waals surface area (Å²) in [7, 11) is 1.60. The molecule has 5 nitrogen and oxygen atoms in total. The van der Waals surface area contributed by atoms with E-state index in [-0.39, 0.29) is 12.5 Å². The van der Waals surface area contributed by atoms with Crippen molar-refractivity contribution in [3.8, 4) is 0 Å². The second-order valence-electron chi connectivity index (χ2n) is 4.43. The molecule has 0 aliphatic heterocycles. The largest absolute Gasteiger partial charge is 0.382 e. The van der Waals surface area contributed by atoms with Crippen LogP contribution in [-0.2, 0) is 27.4 Å². The summed E-state index contributed by atoms with van der Waals surface area (Å²) >= 11 is 0. The molecule has 0 aliphatic carbocycles. The van der Waals surface area contributed by atoms with Crippen LogP contribution in [0, 0.1) is 0 Å². The molecule has 0 heterocycles. The van der Waals surface area contributed by atoms with E-state index in [0.29, 0.717) is 32.8 Å². The minimum absolute atomic E-state index is 0.0181. The number of carbonyl (C=O) groups excluding carboxylic acids is 1. The second kappa shape index (κ2) is 9.47. The van der Waals surface area contributed by atoms with Crippen molar-refractivity contribution in [2.45, 2.75) is 20.0 Å². The molecule has 1 rings (SSSR count). The number of rotatable bonds is 9. The predicted molar refractivity (Wildman–Crippen MR) is 78.1 cm³/mol. The molecular weight excluding hydrogens is 256 g/mol. The van der Waals surface area contributed by atoms with Gasteiger partial charge in [-0.25, -0.2) is 0 Å². The van der Waals surface area contributed by atoms with Crippen molar-refractivity contribution in [3.63, 3.8) is 0 Å². The van der Waals surface area contributed by atoms with E-state index in [1.165, 1.54) is 0 Å². The fourth-order valence-electron chi connectivity index (χ4n) is 1.89. The van der Waals surface area contributed by atoms with Crippen LogP contribution in [0.15, 0.2) is 24.3 Å². The average Bonchev–Trinajstić information content (AvgIpc) is 2.49. The first kappa shape index (κ1) is 16.6. The van der Waals surface area contributed by atoms with Crippen molar-refractivity contribution in [3.05, 3.63) is 35.4 Å². The second-order valence-corrected chi connectivity index (χ2v) is 4.43. The summed E-state index contributed by atoms with van der Waals surface area (Å²) in [6, 6.07) is 7.91. The van der Waals surface area contributed by atoms with E-state index in [1.807, 2.05) is 31.2 Å². The Morgan fingerprint density at radius 3 is 2.55 bits per heavy atom. The minimum Gasteiger partial charge on any atom is -0.382 e. The molecule has 5 heteroatoms. The summed E-state index contributed by atoms with van der Waals surface area (Å²) in [5.41, 5.74) is 7.87. The highest BCUT2D eigenvalue weighted by molar-refractivity contribution is 5.77. The van der Waals surface area contributed by atoms with Gasteiger partial charge in [-0.1, -0.05) is 24.3 Å². The number of amides is 1. The van der Waals surface area contributed by atoms with Gasteiger partial charge in [0.2, 0.25) is 5.91 Å². The van der Waals surface area contributed by atoms with Gasteiger partial charge < -0.3 is 20.1 Å². The van der Waals surface area contributed by atoms with Crippen molar-refractivity contribution in [1.82, 2.24) is 4.90 Å². The van der Waals surface area contributed by atoms with Crippen molar-refractivity contribution in [2.24, 2.45) is 5.73 Å².